The molecule has 5 nitrogen and oxygen atoms in total. The standard InChI is InChI=1S/C16H17ClN2O3S/c1-3-11-4-7-13(8-5-11)18-16(20)14-10-12(17)6-9-15(14)19-23(2,21)22/h4-10,19H,3H2,1-2H3,(H,18,20). The van der Waals surface area contributed by atoms with Gasteiger partial charge in [-0.25, -0.2) is 8.42 Å². The Morgan fingerprint density at radius 1 is 1.13 bits per heavy atom. The van der Waals surface area contributed by atoms with Crippen molar-refractivity contribution in [3.05, 3.63) is 58.6 Å². The van der Waals surface area contributed by atoms with Gasteiger partial charge in [0, 0.05) is 10.7 Å². The van der Waals surface area contributed by atoms with Gasteiger partial charge in [0.25, 0.3) is 5.91 Å². The van der Waals surface area contributed by atoms with E-state index in [9.17, 15) is 13.2 Å². The number of rotatable bonds is 5. The number of carbonyl (C=O) groups excluding carboxylic acids is 1. The monoisotopic (exact) mass is 352 g/mol. The van der Waals surface area contributed by atoms with E-state index in [1.807, 2.05) is 19.1 Å². The van der Waals surface area contributed by atoms with Crippen LogP contribution in [0.5, 0.6) is 0 Å². The zero-order valence-electron chi connectivity index (χ0n) is 12.8. The number of amides is 1. The first kappa shape index (κ1) is 17.3. The molecule has 2 rings (SSSR count). The van der Waals surface area contributed by atoms with Gasteiger partial charge in [-0.1, -0.05) is 30.7 Å². The lowest BCUT2D eigenvalue weighted by molar-refractivity contribution is 0.102. The summed E-state index contributed by atoms with van der Waals surface area (Å²) in [6.07, 6.45) is 1.93. The number of anilines is 2. The Balaban J connectivity index is 2.28. The average molecular weight is 353 g/mol. The number of hydrogen-bond donors (Lipinski definition) is 2. The molecule has 0 atom stereocenters. The smallest absolute Gasteiger partial charge is 0.257 e. The van der Waals surface area contributed by atoms with Crippen molar-refractivity contribution in [1.82, 2.24) is 0 Å². The maximum atomic E-state index is 12.4. The van der Waals surface area contributed by atoms with E-state index in [0.717, 1.165) is 18.2 Å². The molecule has 122 valence electrons. The van der Waals surface area contributed by atoms with Crippen molar-refractivity contribution in [2.45, 2.75) is 13.3 Å². The Morgan fingerprint density at radius 3 is 2.35 bits per heavy atom. The van der Waals surface area contributed by atoms with Gasteiger partial charge in [0.1, 0.15) is 0 Å². The molecule has 23 heavy (non-hydrogen) atoms. The molecule has 0 radical (unpaired) electrons. The van der Waals surface area contributed by atoms with E-state index in [0.29, 0.717) is 10.7 Å². The summed E-state index contributed by atoms with van der Waals surface area (Å²) in [5, 5.41) is 3.07. The summed E-state index contributed by atoms with van der Waals surface area (Å²) in [6, 6.07) is 11.8. The van der Waals surface area contributed by atoms with Gasteiger partial charge in [-0.15, -0.1) is 0 Å². The molecule has 0 unspecified atom stereocenters. The van der Waals surface area contributed by atoms with Gasteiger partial charge in [0.2, 0.25) is 10.0 Å². The second kappa shape index (κ2) is 7.02. The lowest BCUT2D eigenvalue weighted by atomic mass is 10.1. The molecule has 0 saturated heterocycles. The zero-order chi connectivity index (χ0) is 17.0. The van der Waals surface area contributed by atoms with E-state index in [1.54, 1.807) is 12.1 Å². The van der Waals surface area contributed by atoms with Gasteiger partial charge in [-0.3, -0.25) is 9.52 Å². The quantitative estimate of drug-likeness (QED) is 0.864. The predicted molar refractivity (Wildman–Crippen MR) is 93.7 cm³/mol. The van der Waals surface area contributed by atoms with E-state index in [2.05, 4.69) is 10.0 Å². The van der Waals surface area contributed by atoms with Crippen molar-refractivity contribution in [2.75, 3.05) is 16.3 Å². The number of aryl methyl sites for hydroxylation is 1. The fourth-order valence-electron chi connectivity index (χ4n) is 2.02. The zero-order valence-corrected chi connectivity index (χ0v) is 14.3. The molecule has 2 aromatic carbocycles. The molecule has 0 saturated carbocycles. The van der Waals surface area contributed by atoms with Crippen LogP contribution < -0.4 is 10.0 Å². The fraction of sp³-hybridized carbons (Fsp3) is 0.188. The molecule has 0 aromatic heterocycles. The van der Waals surface area contributed by atoms with E-state index < -0.39 is 15.9 Å². The highest BCUT2D eigenvalue weighted by Gasteiger charge is 2.15. The van der Waals surface area contributed by atoms with Crippen LogP contribution in [-0.4, -0.2) is 20.6 Å². The second-order valence-corrected chi connectivity index (χ2v) is 7.25. The van der Waals surface area contributed by atoms with Crippen molar-refractivity contribution < 1.29 is 13.2 Å². The minimum absolute atomic E-state index is 0.155. The van der Waals surface area contributed by atoms with Crippen LogP contribution in [0.25, 0.3) is 0 Å². The van der Waals surface area contributed by atoms with Crippen LogP contribution in [0.15, 0.2) is 42.5 Å². The fourth-order valence-corrected chi connectivity index (χ4v) is 2.76. The summed E-state index contributed by atoms with van der Waals surface area (Å²) < 4.78 is 25.1. The molecule has 0 aliphatic rings. The van der Waals surface area contributed by atoms with Gasteiger partial charge in [-0.2, -0.15) is 0 Å². The van der Waals surface area contributed by atoms with Crippen molar-refractivity contribution in [1.29, 1.82) is 0 Å². The highest BCUT2D eigenvalue weighted by atomic mass is 35.5. The normalized spacial score (nSPS) is 11.1. The molecular weight excluding hydrogens is 336 g/mol. The highest BCUT2D eigenvalue weighted by Crippen LogP contribution is 2.23. The van der Waals surface area contributed by atoms with Gasteiger partial charge in [0.05, 0.1) is 17.5 Å². The molecule has 0 aliphatic heterocycles. The first-order valence-electron chi connectivity index (χ1n) is 6.96. The summed E-state index contributed by atoms with van der Waals surface area (Å²) in [6.45, 7) is 2.04. The lowest BCUT2D eigenvalue weighted by Gasteiger charge is -2.12. The Kier molecular flexibility index (Phi) is 5.28. The summed E-state index contributed by atoms with van der Waals surface area (Å²) in [7, 11) is -3.50. The lowest BCUT2D eigenvalue weighted by Crippen LogP contribution is -2.17. The van der Waals surface area contributed by atoms with Crippen LogP contribution in [0.2, 0.25) is 5.02 Å². The Hall–Kier alpha value is -2.05. The van der Waals surface area contributed by atoms with Crippen molar-refractivity contribution in [2.24, 2.45) is 0 Å². The first-order valence-corrected chi connectivity index (χ1v) is 9.23. The summed E-state index contributed by atoms with van der Waals surface area (Å²) in [5.41, 5.74) is 2.12. The van der Waals surface area contributed by atoms with Crippen molar-refractivity contribution in [3.8, 4) is 0 Å². The molecule has 0 aliphatic carbocycles. The summed E-state index contributed by atoms with van der Waals surface area (Å²) in [5.74, 6) is -0.442. The molecule has 2 N–H and O–H groups in total. The molecule has 0 heterocycles. The topological polar surface area (TPSA) is 75.3 Å². The molecule has 1 amide bonds. The second-order valence-electron chi connectivity index (χ2n) is 5.07. The molecule has 2 aromatic rings. The SMILES string of the molecule is CCc1ccc(NC(=O)c2cc(Cl)ccc2NS(C)(=O)=O)cc1. The Bertz CT molecular complexity index is 818. The van der Waals surface area contributed by atoms with E-state index in [4.69, 9.17) is 11.6 Å². The number of sulfonamides is 1. The molecular formula is C16H17ClN2O3S. The van der Waals surface area contributed by atoms with Crippen molar-refractivity contribution >= 4 is 38.9 Å². The van der Waals surface area contributed by atoms with Gasteiger partial charge >= 0.3 is 0 Å². The highest BCUT2D eigenvalue weighted by molar-refractivity contribution is 7.92. The van der Waals surface area contributed by atoms with Gasteiger partial charge in [0.15, 0.2) is 0 Å². The van der Waals surface area contributed by atoms with Crippen LogP contribution in [0.3, 0.4) is 0 Å². The van der Waals surface area contributed by atoms with Crippen LogP contribution in [0, 0.1) is 0 Å². The van der Waals surface area contributed by atoms with Crippen LogP contribution in [0.1, 0.15) is 22.8 Å². The maximum Gasteiger partial charge on any atom is 0.257 e. The van der Waals surface area contributed by atoms with Crippen LogP contribution in [0.4, 0.5) is 11.4 Å². The predicted octanol–water partition coefficient (Wildman–Crippen LogP) is 3.53. The molecule has 0 fully saturated rings. The van der Waals surface area contributed by atoms with Gasteiger partial charge in [-0.05, 0) is 42.3 Å². The van der Waals surface area contributed by atoms with E-state index in [1.165, 1.54) is 18.2 Å². The number of hydrogen-bond acceptors (Lipinski definition) is 3. The maximum absolute atomic E-state index is 12.4. The Labute approximate surface area is 140 Å². The van der Waals surface area contributed by atoms with Crippen LogP contribution in [-0.2, 0) is 16.4 Å². The molecule has 7 heteroatoms. The number of benzene rings is 2. The third-order valence-electron chi connectivity index (χ3n) is 3.14. The number of nitrogens with one attached hydrogen (secondary N) is 2. The average Bonchev–Trinajstić information content (AvgIpc) is 2.48. The third kappa shape index (κ3) is 4.97. The summed E-state index contributed by atoms with van der Waals surface area (Å²) >= 11 is 5.92. The van der Waals surface area contributed by atoms with Gasteiger partial charge < -0.3 is 5.32 Å². The van der Waals surface area contributed by atoms with Crippen LogP contribution >= 0.6 is 11.6 Å². The van der Waals surface area contributed by atoms with E-state index >= 15 is 0 Å². The summed E-state index contributed by atoms with van der Waals surface area (Å²) in [4.78, 5) is 12.4. The number of carbonyl (C=O) groups is 1. The Morgan fingerprint density at radius 2 is 1.78 bits per heavy atom. The van der Waals surface area contributed by atoms with E-state index in [-0.39, 0.29) is 11.3 Å². The van der Waals surface area contributed by atoms with Crippen molar-refractivity contribution in [3.63, 3.8) is 0 Å². The minimum atomic E-state index is -3.50. The molecule has 0 bridgehead atoms. The third-order valence-corrected chi connectivity index (χ3v) is 3.97. The minimum Gasteiger partial charge on any atom is -0.322 e. The molecule has 0 spiro atoms. The number of halogens is 1. The largest absolute Gasteiger partial charge is 0.322 e. The first-order chi connectivity index (χ1) is 10.8.